The summed E-state index contributed by atoms with van der Waals surface area (Å²) >= 11 is 0. The van der Waals surface area contributed by atoms with E-state index in [2.05, 4.69) is 19.0 Å². The second-order valence-electron chi connectivity index (χ2n) is 6.58. The van der Waals surface area contributed by atoms with Crippen LogP contribution in [0.3, 0.4) is 0 Å². The lowest BCUT2D eigenvalue weighted by Gasteiger charge is -2.43. The smallest absolute Gasteiger partial charge is 0.0690 e. The predicted octanol–water partition coefficient (Wildman–Crippen LogP) is 3.05. The van der Waals surface area contributed by atoms with Crippen LogP contribution in [0, 0.1) is 11.8 Å². The molecule has 0 aromatic rings. The van der Waals surface area contributed by atoms with Crippen molar-refractivity contribution in [1.29, 1.82) is 0 Å². The average Bonchev–Trinajstić information content (AvgIpc) is 2.79. The summed E-state index contributed by atoms with van der Waals surface area (Å²) in [5.41, 5.74) is -0.350. The molecule has 1 N–H and O–H groups in total. The van der Waals surface area contributed by atoms with E-state index in [0.717, 1.165) is 25.3 Å². The molecule has 0 radical (unpaired) electrons. The van der Waals surface area contributed by atoms with E-state index in [1.165, 1.54) is 44.9 Å². The number of rotatable bonds is 4. The monoisotopic (exact) mass is 239 g/mol. The highest BCUT2D eigenvalue weighted by Crippen LogP contribution is 2.43. The number of hydrogen-bond donors (Lipinski definition) is 1. The quantitative estimate of drug-likeness (QED) is 0.815. The van der Waals surface area contributed by atoms with Crippen LogP contribution in [0.4, 0.5) is 0 Å². The lowest BCUT2D eigenvalue weighted by atomic mass is 9.69. The van der Waals surface area contributed by atoms with Crippen molar-refractivity contribution >= 4 is 0 Å². The van der Waals surface area contributed by atoms with Crippen LogP contribution in [0.5, 0.6) is 0 Å². The lowest BCUT2D eigenvalue weighted by Crippen LogP contribution is -2.47. The molecule has 0 heterocycles. The van der Waals surface area contributed by atoms with Gasteiger partial charge in [-0.15, -0.1) is 0 Å². The van der Waals surface area contributed by atoms with Gasteiger partial charge in [-0.2, -0.15) is 0 Å². The molecular formula is C15H29NO. The number of aliphatic hydroxyl groups is 1. The van der Waals surface area contributed by atoms with Crippen molar-refractivity contribution in [3.63, 3.8) is 0 Å². The third kappa shape index (κ3) is 3.23. The molecule has 2 rings (SSSR count). The van der Waals surface area contributed by atoms with Gasteiger partial charge < -0.3 is 10.0 Å². The van der Waals surface area contributed by atoms with Gasteiger partial charge in [-0.1, -0.05) is 44.9 Å². The molecule has 17 heavy (non-hydrogen) atoms. The van der Waals surface area contributed by atoms with Crippen LogP contribution in [-0.4, -0.2) is 36.2 Å². The Morgan fingerprint density at radius 1 is 1.06 bits per heavy atom. The molecule has 2 saturated carbocycles. The largest absolute Gasteiger partial charge is 0.390 e. The Morgan fingerprint density at radius 3 is 2.18 bits per heavy atom. The normalized spacial score (nSPS) is 27.5. The molecule has 0 amide bonds. The van der Waals surface area contributed by atoms with Crippen molar-refractivity contribution < 1.29 is 5.11 Å². The molecule has 2 heteroatoms. The van der Waals surface area contributed by atoms with Crippen LogP contribution >= 0.6 is 0 Å². The van der Waals surface area contributed by atoms with E-state index < -0.39 is 0 Å². The van der Waals surface area contributed by atoms with Gasteiger partial charge in [0, 0.05) is 12.5 Å². The maximum Gasteiger partial charge on any atom is 0.0690 e. The molecule has 0 bridgehead atoms. The van der Waals surface area contributed by atoms with E-state index in [1.807, 2.05) is 0 Å². The van der Waals surface area contributed by atoms with E-state index >= 15 is 0 Å². The molecule has 0 aromatic carbocycles. The summed E-state index contributed by atoms with van der Waals surface area (Å²) in [5, 5.41) is 11.0. The van der Waals surface area contributed by atoms with Crippen molar-refractivity contribution in [1.82, 2.24) is 4.90 Å². The molecule has 100 valence electrons. The van der Waals surface area contributed by atoms with Crippen molar-refractivity contribution in [3.05, 3.63) is 0 Å². The van der Waals surface area contributed by atoms with E-state index in [0.29, 0.717) is 5.92 Å². The standard InChI is InChI=1S/C15H29NO/c1-16(2)12-14(13-8-4-5-9-13)15(17)10-6-3-7-11-15/h13-14,17H,3-12H2,1-2H3. The SMILES string of the molecule is CN(C)CC(C1CCCC1)C1(O)CCCCC1. The molecule has 2 fully saturated rings. The molecule has 2 nitrogen and oxygen atoms in total. The first-order chi connectivity index (χ1) is 8.12. The van der Waals surface area contributed by atoms with Crippen LogP contribution in [0.15, 0.2) is 0 Å². The summed E-state index contributed by atoms with van der Waals surface area (Å²) in [6.45, 7) is 1.07. The fraction of sp³-hybridized carbons (Fsp3) is 1.00. The summed E-state index contributed by atoms with van der Waals surface area (Å²) in [4.78, 5) is 2.27. The molecular weight excluding hydrogens is 210 g/mol. The van der Waals surface area contributed by atoms with Gasteiger partial charge in [0.1, 0.15) is 0 Å². The van der Waals surface area contributed by atoms with Crippen molar-refractivity contribution in [2.75, 3.05) is 20.6 Å². The van der Waals surface area contributed by atoms with Crippen LogP contribution in [0.25, 0.3) is 0 Å². The zero-order valence-electron chi connectivity index (χ0n) is 11.6. The molecule has 0 saturated heterocycles. The van der Waals surface area contributed by atoms with Gasteiger partial charge in [0.15, 0.2) is 0 Å². The molecule has 0 aliphatic heterocycles. The Balaban J connectivity index is 2.06. The number of hydrogen-bond acceptors (Lipinski definition) is 2. The molecule has 0 aromatic heterocycles. The van der Waals surface area contributed by atoms with Gasteiger partial charge in [0.05, 0.1) is 5.60 Å². The molecule has 1 unspecified atom stereocenters. The molecule has 0 spiro atoms. The minimum absolute atomic E-state index is 0.350. The van der Waals surface area contributed by atoms with E-state index in [-0.39, 0.29) is 5.60 Å². The minimum Gasteiger partial charge on any atom is -0.390 e. The summed E-state index contributed by atoms with van der Waals surface area (Å²) in [5.74, 6) is 1.29. The fourth-order valence-electron chi connectivity index (χ4n) is 4.05. The third-order valence-electron chi connectivity index (χ3n) is 4.94. The lowest BCUT2D eigenvalue weighted by molar-refractivity contribution is -0.0764. The average molecular weight is 239 g/mol. The number of nitrogens with zero attached hydrogens (tertiary/aromatic N) is 1. The summed E-state index contributed by atoms with van der Waals surface area (Å²) in [6, 6.07) is 0. The highest BCUT2D eigenvalue weighted by Gasteiger charge is 2.42. The Bertz CT molecular complexity index is 227. The second-order valence-corrected chi connectivity index (χ2v) is 6.58. The van der Waals surface area contributed by atoms with Crippen molar-refractivity contribution in [2.24, 2.45) is 11.8 Å². The Labute approximate surface area is 106 Å². The summed E-state index contributed by atoms with van der Waals surface area (Å²) in [7, 11) is 4.29. The second kappa shape index (κ2) is 5.71. The van der Waals surface area contributed by atoms with Crippen molar-refractivity contribution in [2.45, 2.75) is 63.4 Å². The zero-order chi connectivity index (χ0) is 12.3. The Morgan fingerprint density at radius 2 is 1.65 bits per heavy atom. The van der Waals surface area contributed by atoms with Gasteiger partial charge in [0.25, 0.3) is 0 Å². The van der Waals surface area contributed by atoms with Crippen LogP contribution in [0.1, 0.15) is 57.8 Å². The van der Waals surface area contributed by atoms with Crippen LogP contribution < -0.4 is 0 Å². The highest BCUT2D eigenvalue weighted by molar-refractivity contribution is 4.94. The third-order valence-corrected chi connectivity index (χ3v) is 4.94. The first-order valence-corrected chi connectivity index (χ1v) is 7.49. The van der Waals surface area contributed by atoms with Crippen molar-refractivity contribution in [3.8, 4) is 0 Å². The predicted molar refractivity (Wildman–Crippen MR) is 72.0 cm³/mol. The molecule has 2 aliphatic rings. The zero-order valence-corrected chi connectivity index (χ0v) is 11.6. The van der Waals surface area contributed by atoms with Crippen LogP contribution in [0.2, 0.25) is 0 Å². The summed E-state index contributed by atoms with van der Waals surface area (Å²) in [6.07, 6.45) is 11.3. The van der Waals surface area contributed by atoms with Gasteiger partial charge in [-0.3, -0.25) is 0 Å². The van der Waals surface area contributed by atoms with E-state index in [1.54, 1.807) is 0 Å². The topological polar surface area (TPSA) is 23.5 Å². The molecule has 1 atom stereocenters. The van der Waals surface area contributed by atoms with Gasteiger partial charge in [0.2, 0.25) is 0 Å². The first-order valence-electron chi connectivity index (χ1n) is 7.49. The first kappa shape index (κ1) is 13.4. The molecule has 2 aliphatic carbocycles. The summed E-state index contributed by atoms with van der Waals surface area (Å²) < 4.78 is 0. The Hall–Kier alpha value is -0.0800. The van der Waals surface area contributed by atoms with E-state index in [4.69, 9.17) is 0 Å². The minimum atomic E-state index is -0.350. The highest BCUT2D eigenvalue weighted by atomic mass is 16.3. The Kier molecular flexibility index (Phi) is 4.48. The maximum atomic E-state index is 11.0. The van der Waals surface area contributed by atoms with E-state index in [9.17, 15) is 5.11 Å². The fourth-order valence-corrected chi connectivity index (χ4v) is 4.05. The van der Waals surface area contributed by atoms with Gasteiger partial charge in [-0.25, -0.2) is 0 Å². The maximum absolute atomic E-state index is 11.0. The van der Waals surface area contributed by atoms with Gasteiger partial charge in [-0.05, 0) is 32.9 Å². The van der Waals surface area contributed by atoms with Gasteiger partial charge >= 0.3 is 0 Å². The van der Waals surface area contributed by atoms with Crippen LogP contribution in [-0.2, 0) is 0 Å².